The van der Waals surface area contributed by atoms with Crippen LogP contribution in [0.5, 0.6) is 6.01 Å². The molecule has 0 aliphatic heterocycles. The predicted octanol–water partition coefficient (Wildman–Crippen LogP) is 5.80. The predicted molar refractivity (Wildman–Crippen MR) is 158 cm³/mol. The Labute approximate surface area is 245 Å². The fourth-order valence-electron chi connectivity index (χ4n) is 4.55. The smallest absolute Gasteiger partial charge is 0.338 e. The van der Waals surface area contributed by atoms with Crippen LogP contribution in [-0.4, -0.2) is 45.5 Å². The van der Waals surface area contributed by atoms with Crippen molar-refractivity contribution in [2.75, 3.05) is 13.7 Å². The van der Waals surface area contributed by atoms with Crippen LogP contribution in [0.2, 0.25) is 0 Å². The van der Waals surface area contributed by atoms with E-state index in [4.69, 9.17) is 9.47 Å². The van der Waals surface area contributed by atoms with Crippen molar-refractivity contribution >= 4 is 28.8 Å². The fraction of sp³-hybridized carbons (Fsp3) is 0.419. The molecule has 8 nitrogen and oxygen atoms in total. The van der Waals surface area contributed by atoms with E-state index in [1.165, 1.54) is 20.1 Å². The number of carbonyl (C=O) groups excluding carboxylic acids is 3. The van der Waals surface area contributed by atoms with Crippen molar-refractivity contribution in [2.45, 2.75) is 65.8 Å². The van der Waals surface area contributed by atoms with Crippen molar-refractivity contribution < 1.29 is 28.2 Å². The highest BCUT2D eigenvalue weighted by Gasteiger charge is 2.25. The van der Waals surface area contributed by atoms with Gasteiger partial charge in [-0.15, -0.1) is 0 Å². The van der Waals surface area contributed by atoms with Crippen molar-refractivity contribution in [3.8, 4) is 17.1 Å². The molecular weight excluding hydrogens is 545 g/mol. The third-order valence-electron chi connectivity index (χ3n) is 6.47. The summed E-state index contributed by atoms with van der Waals surface area (Å²) in [6.45, 7) is 9.91. The molecule has 0 spiro atoms. The van der Waals surface area contributed by atoms with Gasteiger partial charge in [-0.3, -0.25) is 14.2 Å². The van der Waals surface area contributed by atoms with Gasteiger partial charge in [0.15, 0.2) is 5.12 Å². The maximum Gasteiger partial charge on any atom is 0.338 e. The Hall–Kier alpha value is -3.66. The number of halogens is 1. The third kappa shape index (κ3) is 8.19. The van der Waals surface area contributed by atoms with Gasteiger partial charge in [0.05, 0.1) is 49.0 Å². The zero-order chi connectivity index (χ0) is 30.1. The van der Waals surface area contributed by atoms with E-state index < -0.39 is 17.0 Å². The van der Waals surface area contributed by atoms with E-state index in [0.29, 0.717) is 53.4 Å². The van der Waals surface area contributed by atoms with Crippen LogP contribution in [0.3, 0.4) is 0 Å². The largest absolute Gasteiger partial charge is 0.465 e. The Bertz CT molecular complexity index is 1390. The molecule has 1 atom stereocenters. The molecule has 0 saturated carbocycles. The molecule has 0 aliphatic carbocycles. The number of nitrogens with zero attached hydrogens (tertiary/aromatic N) is 2. The van der Waals surface area contributed by atoms with Crippen molar-refractivity contribution in [3.63, 3.8) is 0 Å². The second-order valence-electron chi connectivity index (χ2n) is 9.95. The molecule has 1 N–H and O–H groups in total. The Morgan fingerprint density at radius 3 is 2.46 bits per heavy atom. The Balaban J connectivity index is 1.93. The standard InChI is InChI=1S/C31H38FN3O5S/c1-7-26-27(17-33-29(37)28(15-19(3)4)41-20(5)36)35(31(34-26)40-8-2)18-22-14-13-21(16-25(22)32)23-11-9-10-12-24(23)30(38)39-6/h9-14,16,19,28H,7-8,15,17-18H2,1-6H3,(H,33,37)/t28-/m0/s1. The second-order valence-corrected chi connectivity index (χ2v) is 11.3. The Morgan fingerprint density at radius 1 is 1.12 bits per heavy atom. The summed E-state index contributed by atoms with van der Waals surface area (Å²) in [6.07, 6.45) is 1.15. The first-order valence-electron chi connectivity index (χ1n) is 13.7. The number of imidazole rings is 1. The maximum absolute atomic E-state index is 15.5. The number of nitrogens with one attached hydrogen (secondary N) is 1. The number of ether oxygens (including phenoxy) is 2. The zero-order valence-electron chi connectivity index (χ0n) is 24.5. The van der Waals surface area contributed by atoms with Crippen LogP contribution in [0, 0.1) is 11.7 Å². The molecule has 0 saturated heterocycles. The number of hydrogen-bond acceptors (Lipinski definition) is 7. The monoisotopic (exact) mass is 583 g/mol. The van der Waals surface area contributed by atoms with E-state index in [-0.39, 0.29) is 30.0 Å². The van der Waals surface area contributed by atoms with Crippen LogP contribution in [0.15, 0.2) is 42.5 Å². The number of esters is 1. The average molecular weight is 584 g/mol. The van der Waals surface area contributed by atoms with Crippen LogP contribution in [0.4, 0.5) is 4.39 Å². The number of amides is 1. The molecule has 0 unspecified atom stereocenters. The van der Waals surface area contributed by atoms with Crippen LogP contribution in [0.25, 0.3) is 11.1 Å². The molecule has 2 aromatic carbocycles. The summed E-state index contributed by atoms with van der Waals surface area (Å²) in [5, 5.41) is 2.35. The van der Waals surface area contributed by atoms with E-state index in [1.54, 1.807) is 41.0 Å². The highest BCUT2D eigenvalue weighted by molar-refractivity contribution is 8.14. The minimum atomic E-state index is -0.502. The lowest BCUT2D eigenvalue weighted by Gasteiger charge is -2.18. The van der Waals surface area contributed by atoms with Crippen molar-refractivity contribution in [3.05, 3.63) is 70.8 Å². The fourth-order valence-corrected chi connectivity index (χ4v) is 5.62. The first-order valence-corrected chi connectivity index (χ1v) is 14.6. The summed E-state index contributed by atoms with van der Waals surface area (Å²) in [7, 11) is 1.31. The first kappa shape index (κ1) is 31.9. The van der Waals surface area contributed by atoms with Gasteiger partial charge in [-0.25, -0.2) is 9.18 Å². The van der Waals surface area contributed by atoms with E-state index in [2.05, 4.69) is 10.3 Å². The van der Waals surface area contributed by atoms with Crippen molar-refractivity contribution in [1.29, 1.82) is 0 Å². The molecule has 1 heterocycles. The lowest BCUT2D eigenvalue weighted by atomic mass is 9.98. The normalized spacial score (nSPS) is 11.8. The number of benzene rings is 2. The summed E-state index contributed by atoms with van der Waals surface area (Å²) >= 11 is 1.03. The van der Waals surface area contributed by atoms with E-state index in [9.17, 15) is 14.4 Å². The summed E-state index contributed by atoms with van der Waals surface area (Å²) < 4.78 is 28.0. The Kier molecular flexibility index (Phi) is 11.5. The number of hydrogen-bond donors (Lipinski definition) is 1. The van der Waals surface area contributed by atoms with Crippen molar-refractivity contribution in [1.82, 2.24) is 14.9 Å². The van der Waals surface area contributed by atoms with Crippen LogP contribution >= 0.6 is 11.8 Å². The third-order valence-corrected chi connectivity index (χ3v) is 7.49. The average Bonchev–Trinajstić information content (AvgIpc) is 3.27. The quantitative estimate of drug-likeness (QED) is 0.254. The highest BCUT2D eigenvalue weighted by Crippen LogP contribution is 2.28. The van der Waals surface area contributed by atoms with E-state index >= 15 is 4.39 Å². The lowest BCUT2D eigenvalue weighted by Crippen LogP contribution is -2.34. The Morgan fingerprint density at radius 2 is 1.85 bits per heavy atom. The summed E-state index contributed by atoms with van der Waals surface area (Å²) in [5.74, 6) is -0.946. The molecule has 3 aromatic rings. The minimum absolute atomic E-state index is 0.114. The van der Waals surface area contributed by atoms with E-state index in [1.807, 2.05) is 27.7 Å². The van der Waals surface area contributed by atoms with Crippen molar-refractivity contribution in [2.24, 2.45) is 5.92 Å². The van der Waals surface area contributed by atoms with Crippen LogP contribution in [0.1, 0.15) is 68.3 Å². The number of rotatable bonds is 13. The van der Waals surface area contributed by atoms with Crippen LogP contribution in [-0.2, 0) is 33.8 Å². The van der Waals surface area contributed by atoms with Gasteiger partial charge in [-0.2, -0.15) is 4.98 Å². The van der Waals surface area contributed by atoms with Gasteiger partial charge < -0.3 is 14.8 Å². The number of aromatic nitrogens is 2. The van der Waals surface area contributed by atoms with Gasteiger partial charge in [-0.05, 0) is 48.9 Å². The maximum atomic E-state index is 15.5. The number of thioether (sulfide) groups is 1. The van der Waals surface area contributed by atoms with Gasteiger partial charge in [0.25, 0.3) is 6.01 Å². The summed E-state index contributed by atoms with van der Waals surface area (Å²) in [5.41, 5.74) is 3.29. The molecule has 10 heteroatoms. The molecule has 0 aliphatic rings. The molecular formula is C31H38FN3O5S. The van der Waals surface area contributed by atoms with Gasteiger partial charge >= 0.3 is 5.97 Å². The highest BCUT2D eigenvalue weighted by atomic mass is 32.2. The summed E-state index contributed by atoms with van der Waals surface area (Å²) in [4.78, 5) is 41.7. The first-order chi connectivity index (χ1) is 19.6. The van der Waals surface area contributed by atoms with Gasteiger partial charge in [-0.1, -0.05) is 62.9 Å². The van der Waals surface area contributed by atoms with E-state index in [0.717, 1.165) is 17.5 Å². The molecule has 1 amide bonds. The molecule has 1 aromatic heterocycles. The number of carbonyl (C=O) groups is 3. The summed E-state index contributed by atoms with van der Waals surface area (Å²) in [6, 6.07) is 12.1. The van der Waals surface area contributed by atoms with Gasteiger partial charge in [0, 0.05) is 12.5 Å². The molecule has 0 radical (unpaired) electrons. The lowest BCUT2D eigenvalue weighted by molar-refractivity contribution is -0.121. The molecule has 0 bridgehead atoms. The minimum Gasteiger partial charge on any atom is -0.465 e. The van der Waals surface area contributed by atoms with Crippen LogP contribution < -0.4 is 10.1 Å². The molecule has 220 valence electrons. The second kappa shape index (κ2) is 14.8. The topological polar surface area (TPSA) is 99.5 Å². The molecule has 41 heavy (non-hydrogen) atoms. The number of aryl methyl sites for hydroxylation is 1. The molecule has 0 fully saturated rings. The van der Waals surface area contributed by atoms with Gasteiger partial charge in [0.1, 0.15) is 5.82 Å². The SMILES string of the molecule is CCOc1nc(CC)c(CNC(=O)[C@H](CC(C)C)SC(C)=O)n1Cc1ccc(-c2ccccc2C(=O)OC)cc1F. The zero-order valence-corrected chi connectivity index (χ0v) is 25.3. The molecule has 3 rings (SSSR count). The number of methoxy groups -OCH3 is 1. The van der Waals surface area contributed by atoms with Gasteiger partial charge in [0.2, 0.25) is 5.91 Å².